The van der Waals surface area contributed by atoms with Gasteiger partial charge < -0.3 is 10.2 Å². The maximum Gasteiger partial charge on any atom is 0.272 e. The van der Waals surface area contributed by atoms with Crippen LogP contribution in [-0.2, 0) is 12.8 Å². The molecule has 156 valence electrons. The predicted octanol–water partition coefficient (Wildman–Crippen LogP) is 3.60. The molecule has 1 fully saturated rings. The van der Waals surface area contributed by atoms with Gasteiger partial charge in [-0.15, -0.1) is 0 Å². The molecule has 4 rings (SSSR count). The Labute approximate surface area is 172 Å². The Morgan fingerprint density at radius 2 is 1.97 bits per heavy atom. The van der Waals surface area contributed by atoms with Gasteiger partial charge in [-0.3, -0.25) is 4.79 Å². The first-order valence-electron chi connectivity index (χ1n) is 10.8. The van der Waals surface area contributed by atoms with Gasteiger partial charge in [0, 0.05) is 36.9 Å². The average Bonchev–Trinajstić information content (AvgIpc) is 3.23. The molecule has 2 aliphatic rings. The van der Waals surface area contributed by atoms with E-state index in [0.717, 1.165) is 50.2 Å². The standard InChI is InChI=1S/C23H31FN4O/c1-15-11-16(2)13-27(12-15)14-17(3)25-23(29)22-18-7-6-10-20(18)28(26-22)21-9-5-4-8-19(21)24/h4-5,8-9,15-17H,6-7,10-14H2,1-3H3,(H,25,29). The lowest BCUT2D eigenvalue weighted by Gasteiger charge is -2.36. The number of amides is 1. The van der Waals surface area contributed by atoms with Gasteiger partial charge in [-0.2, -0.15) is 5.10 Å². The van der Waals surface area contributed by atoms with Crippen molar-refractivity contribution >= 4 is 5.91 Å². The average molecular weight is 399 g/mol. The van der Waals surface area contributed by atoms with Crippen molar-refractivity contribution in [2.24, 2.45) is 11.8 Å². The molecule has 0 saturated carbocycles. The second kappa shape index (κ2) is 8.27. The zero-order valence-electron chi connectivity index (χ0n) is 17.6. The summed E-state index contributed by atoms with van der Waals surface area (Å²) in [5.74, 6) is 0.921. The van der Waals surface area contributed by atoms with Crippen molar-refractivity contribution in [1.29, 1.82) is 0 Å². The molecule has 1 N–H and O–H groups in total. The third-order valence-electron chi connectivity index (χ3n) is 6.08. The van der Waals surface area contributed by atoms with E-state index >= 15 is 0 Å². The van der Waals surface area contributed by atoms with E-state index < -0.39 is 0 Å². The number of benzene rings is 1. The van der Waals surface area contributed by atoms with E-state index in [0.29, 0.717) is 23.2 Å². The molecule has 3 atom stereocenters. The molecule has 1 amide bonds. The number of aromatic nitrogens is 2. The fraction of sp³-hybridized carbons (Fsp3) is 0.565. The minimum Gasteiger partial charge on any atom is -0.347 e. The Morgan fingerprint density at radius 3 is 2.69 bits per heavy atom. The van der Waals surface area contributed by atoms with Crippen LogP contribution in [0, 0.1) is 17.7 Å². The SMILES string of the molecule is CC1CC(C)CN(CC(C)NC(=O)c2nn(-c3ccccc3F)c3c2CCC3)C1. The zero-order valence-corrected chi connectivity index (χ0v) is 17.6. The summed E-state index contributed by atoms with van der Waals surface area (Å²) < 4.78 is 16.0. The van der Waals surface area contributed by atoms with Gasteiger partial charge in [0.1, 0.15) is 11.5 Å². The van der Waals surface area contributed by atoms with Crippen LogP contribution in [0.1, 0.15) is 55.4 Å². The van der Waals surface area contributed by atoms with Crippen molar-refractivity contribution in [3.05, 3.63) is 47.0 Å². The van der Waals surface area contributed by atoms with Crippen molar-refractivity contribution in [3.8, 4) is 5.69 Å². The molecule has 29 heavy (non-hydrogen) atoms. The number of para-hydroxylation sites is 1. The van der Waals surface area contributed by atoms with Gasteiger partial charge in [0.15, 0.2) is 5.69 Å². The van der Waals surface area contributed by atoms with E-state index in [2.05, 4.69) is 36.1 Å². The Hall–Kier alpha value is -2.21. The van der Waals surface area contributed by atoms with Crippen molar-refractivity contribution in [3.63, 3.8) is 0 Å². The minimum absolute atomic E-state index is 0.0377. The second-order valence-electron chi connectivity index (χ2n) is 9.03. The second-order valence-corrected chi connectivity index (χ2v) is 9.03. The van der Waals surface area contributed by atoms with Crippen LogP contribution >= 0.6 is 0 Å². The van der Waals surface area contributed by atoms with E-state index in [1.165, 1.54) is 12.5 Å². The third kappa shape index (κ3) is 4.22. The van der Waals surface area contributed by atoms with Crippen LogP contribution in [0.15, 0.2) is 24.3 Å². The third-order valence-corrected chi connectivity index (χ3v) is 6.08. The smallest absolute Gasteiger partial charge is 0.272 e. The van der Waals surface area contributed by atoms with Crippen LogP contribution < -0.4 is 5.32 Å². The molecular formula is C23H31FN4O. The fourth-order valence-electron chi connectivity index (χ4n) is 5.11. The van der Waals surface area contributed by atoms with Crippen molar-refractivity contribution < 1.29 is 9.18 Å². The molecule has 1 aromatic carbocycles. The molecular weight excluding hydrogens is 367 g/mol. The first kappa shape index (κ1) is 20.1. The van der Waals surface area contributed by atoms with Crippen LogP contribution in [0.4, 0.5) is 4.39 Å². The quantitative estimate of drug-likeness (QED) is 0.837. The Balaban J connectivity index is 1.49. The van der Waals surface area contributed by atoms with Gasteiger partial charge in [0.25, 0.3) is 5.91 Å². The van der Waals surface area contributed by atoms with Gasteiger partial charge in [-0.05, 0) is 56.6 Å². The van der Waals surface area contributed by atoms with Gasteiger partial charge in [0.2, 0.25) is 0 Å². The Kier molecular flexibility index (Phi) is 5.72. The monoisotopic (exact) mass is 398 g/mol. The van der Waals surface area contributed by atoms with Gasteiger partial charge >= 0.3 is 0 Å². The fourth-order valence-corrected chi connectivity index (χ4v) is 5.11. The van der Waals surface area contributed by atoms with E-state index in [-0.39, 0.29) is 17.8 Å². The lowest BCUT2D eigenvalue weighted by Crippen LogP contribution is -2.47. The summed E-state index contributed by atoms with van der Waals surface area (Å²) >= 11 is 0. The number of likely N-dealkylation sites (tertiary alicyclic amines) is 1. The summed E-state index contributed by atoms with van der Waals surface area (Å²) in [7, 11) is 0. The molecule has 1 aliphatic carbocycles. The molecule has 1 aliphatic heterocycles. The number of carbonyl (C=O) groups excluding carboxylic acids is 1. The van der Waals surface area contributed by atoms with Crippen molar-refractivity contribution in [2.75, 3.05) is 19.6 Å². The van der Waals surface area contributed by atoms with Gasteiger partial charge in [-0.1, -0.05) is 26.0 Å². The van der Waals surface area contributed by atoms with Gasteiger partial charge in [0.05, 0.1) is 0 Å². The van der Waals surface area contributed by atoms with Crippen LogP contribution in [0.5, 0.6) is 0 Å². The molecule has 1 saturated heterocycles. The highest BCUT2D eigenvalue weighted by Crippen LogP contribution is 2.29. The number of fused-ring (bicyclic) bond motifs is 1. The summed E-state index contributed by atoms with van der Waals surface area (Å²) in [6.07, 6.45) is 3.89. The number of hydrogen-bond acceptors (Lipinski definition) is 3. The van der Waals surface area contributed by atoms with E-state index in [4.69, 9.17) is 0 Å². The number of hydrogen-bond donors (Lipinski definition) is 1. The van der Waals surface area contributed by atoms with Crippen molar-refractivity contribution in [1.82, 2.24) is 20.0 Å². The number of nitrogens with zero attached hydrogens (tertiary/aromatic N) is 3. The highest BCUT2D eigenvalue weighted by Gasteiger charge is 2.29. The maximum atomic E-state index is 14.3. The van der Waals surface area contributed by atoms with Crippen molar-refractivity contribution in [2.45, 2.75) is 52.5 Å². The van der Waals surface area contributed by atoms with Crippen LogP contribution in [0.25, 0.3) is 5.69 Å². The number of rotatable bonds is 5. The molecule has 0 radical (unpaired) electrons. The predicted molar refractivity (Wildman–Crippen MR) is 112 cm³/mol. The molecule has 0 bridgehead atoms. The Morgan fingerprint density at radius 1 is 1.24 bits per heavy atom. The molecule has 5 nitrogen and oxygen atoms in total. The summed E-state index contributed by atoms with van der Waals surface area (Å²) in [6.45, 7) is 9.66. The topological polar surface area (TPSA) is 50.2 Å². The zero-order chi connectivity index (χ0) is 20.5. The highest BCUT2D eigenvalue weighted by atomic mass is 19.1. The van der Waals surface area contributed by atoms with Crippen LogP contribution in [-0.4, -0.2) is 46.3 Å². The normalized spacial score (nSPS) is 23.0. The Bertz CT molecular complexity index is 883. The molecule has 1 aromatic heterocycles. The summed E-state index contributed by atoms with van der Waals surface area (Å²) in [6, 6.07) is 6.64. The minimum atomic E-state index is -0.321. The van der Waals surface area contributed by atoms with Crippen LogP contribution in [0.2, 0.25) is 0 Å². The molecule has 0 spiro atoms. The molecule has 2 aromatic rings. The number of carbonyl (C=O) groups is 1. The molecule has 3 unspecified atom stereocenters. The molecule has 6 heteroatoms. The van der Waals surface area contributed by atoms with E-state index in [1.807, 2.05) is 0 Å². The summed E-state index contributed by atoms with van der Waals surface area (Å²) in [4.78, 5) is 15.5. The number of piperidine rings is 1. The summed E-state index contributed by atoms with van der Waals surface area (Å²) in [5, 5.41) is 7.67. The number of nitrogens with one attached hydrogen (secondary N) is 1. The first-order valence-corrected chi connectivity index (χ1v) is 10.8. The number of halogens is 1. The largest absolute Gasteiger partial charge is 0.347 e. The lowest BCUT2D eigenvalue weighted by atomic mass is 9.92. The summed E-state index contributed by atoms with van der Waals surface area (Å²) in [5.41, 5.74) is 2.80. The van der Waals surface area contributed by atoms with E-state index in [1.54, 1.807) is 22.9 Å². The lowest BCUT2D eigenvalue weighted by molar-refractivity contribution is 0.0898. The first-order chi connectivity index (χ1) is 13.9. The van der Waals surface area contributed by atoms with Gasteiger partial charge in [-0.25, -0.2) is 9.07 Å². The maximum absolute atomic E-state index is 14.3. The van der Waals surface area contributed by atoms with E-state index in [9.17, 15) is 9.18 Å². The highest BCUT2D eigenvalue weighted by molar-refractivity contribution is 5.94. The van der Waals surface area contributed by atoms with Crippen LogP contribution in [0.3, 0.4) is 0 Å². The molecule has 2 heterocycles.